The zero-order valence-corrected chi connectivity index (χ0v) is 44.3. The Morgan fingerprint density at radius 2 is 0.484 bits per heavy atom. The first-order chi connectivity index (χ1) is 31.6. The quantitative estimate of drug-likeness (QED) is 0.0472. The smallest absolute Gasteiger partial charge is 0.309 e. The highest BCUT2D eigenvalue weighted by molar-refractivity contribution is 5.70. The molecule has 2 unspecified atom stereocenters. The van der Waals surface area contributed by atoms with Gasteiger partial charge in [0.25, 0.3) is 0 Å². The summed E-state index contributed by atoms with van der Waals surface area (Å²) >= 11 is 0. The summed E-state index contributed by atoms with van der Waals surface area (Å²) in [6.45, 7) is 4.60. The van der Waals surface area contributed by atoms with E-state index in [4.69, 9.17) is 0 Å². The Morgan fingerprint density at radius 1 is 0.297 bits per heavy atom. The van der Waals surface area contributed by atoms with Gasteiger partial charge in [-0.05, 0) is 38.5 Å². The van der Waals surface area contributed by atoms with Gasteiger partial charge < -0.3 is 10.2 Å². The molecule has 0 saturated heterocycles. The third-order valence-corrected chi connectivity index (χ3v) is 14.7. The van der Waals surface area contributed by atoms with Crippen LogP contribution >= 0.6 is 0 Å². The van der Waals surface area contributed by atoms with Crippen molar-refractivity contribution in [1.82, 2.24) is 0 Å². The van der Waals surface area contributed by atoms with Crippen molar-refractivity contribution in [3.8, 4) is 0 Å². The standard InChI is InChI=1S/C61H120O3/c1-3-5-7-9-11-13-15-17-19-21-23-25-27-28-29-30-31-32-33-34-35-36-38-40-42-44-46-48-50-52-54-56-58-60(62)59(61(63)64)57-55-53-51-49-47-45-43-41-39-37-26-24-22-20-18-16-14-12-10-8-6-4-2/h30-31,59-60,62H,3-29,32-58H2,1-2H3,(H,63,64)/b31-30-. The average molecular weight is 902 g/mol. The fourth-order valence-electron chi connectivity index (χ4n) is 10.1. The summed E-state index contributed by atoms with van der Waals surface area (Å²) in [7, 11) is 0. The molecule has 0 amide bonds. The monoisotopic (exact) mass is 901 g/mol. The van der Waals surface area contributed by atoms with Crippen molar-refractivity contribution >= 4 is 5.97 Å². The number of allylic oxidation sites excluding steroid dienone is 2. The second-order valence-corrected chi connectivity index (χ2v) is 21.1. The zero-order valence-electron chi connectivity index (χ0n) is 44.3. The number of aliphatic hydroxyl groups is 1. The zero-order chi connectivity index (χ0) is 46.3. The van der Waals surface area contributed by atoms with Gasteiger partial charge >= 0.3 is 5.97 Å². The molecule has 3 heteroatoms. The number of carbonyl (C=O) groups is 1. The van der Waals surface area contributed by atoms with Gasteiger partial charge in [-0.15, -0.1) is 0 Å². The molecular weight excluding hydrogens is 781 g/mol. The molecule has 0 aliphatic carbocycles. The van der Waals surface area contributed by atoms with Crippen LogP contribution in [0.25, 0.3) is 0 Å². The fraction of sp³-hybridized carbons (Fsp3) is 0.951. The van der Waals surface area contributed by atoms with E-state index in [1.807, 2.05) is 0 Å². The molecule has 0 aliphatic heterocycles. The number of unbranched alkanes of at least 4 members (excludes halogenated alkanes) is 49. The number of aliphatic carboxylic acids is 1. The lowest BCUT2D eigenvalue weighted by Gasteiger charge is -2.19. The number of rotatable bonds is 57. The maximum absolute atomic E-state index is 11.9. The Labute approximate surface area is 404 Å². The molecule has 0 saturated carbocycles. The van der Waals surface area contributed by atoms with E-state index in [1.54, 1.807) is 0 Å². The van der Waals surface area contributed by atoms with Gasteiger partial charge in [-0.25, -0.2) is 0 Å². The molecule has 382 valence electrons. The van der Waals surface area contributed by atoms with Crippen LogP contribution in [-0.2, 0) is 4.79 Å². The van der Waals surface area contributed by atoms with Crippen LogP contribution in [0.15, 0.2) is 12.2 Å². The van der Waals surface area contributed by atoms with E-state index in [1.165, 1.54) is 308 Å². The highest BCUT2D eigenvalue weighted by atomic mass is 16.4. The number of hydrogen-bond acceptors (Lipinski definition) is 2. The molecule has 2 N–H and O–H groups in total. The molecule has 0 fully saturated rings. The van der Waals surface area contributed by atoms with Crippen LogP contribution in [0, 0.1) is 5.92 Å². The molecular formula is C61H120O3. The van der Waals surface area contributed by atoms with E-state index < -0.39 is 18.0 Å². The summed E-state index contributed by atoms with van der Waals surface area (Å²) in [5.74, 6) is -1.38. The van der Waals surface area contributed by atoms with Gasteiger partial charge in [-0.3, -0.25) is 4.79 Å². The van der Waals surface area contributed by atoms with Crippen LogP contribution in [0.4, 0.5) is 0 Å². The first kappa shape index (κ1) is 63.2. The molecule has 3 nitrogen and oxygen atoms in total. The first-order valence-corrected chi connectivity index (χ1v) is 30.2. The molecule has 0 aliphatic rings. The summed E-state index contributed by atoms with van der Waals surface area (Å²) in [5.41, 5.74) is 0. The molecule has 0 spiro atoms. The van der Waals surface area contributed by atoms with Crippen LogP contribution in [0.2, 0.25) is 0 Å². The molecule has 2 atom stereocenters. The number of hydrogen-bond donors (Lipinski definition) is 2. The van der Waals surface area contributed by atoms with Crippen molar-refractivity contribution < 1.29 is 15.0 Å². The van der Waals surface area contributed by atoms with Gasteiger partial charge in [0.1, 0.15) is 0 Å². The minimum absolute atomic E-state index is 0.583. The van der Waals surface area contributed by atoms with Gasteiger partial charge in [-0.2, -0.15) is 0 Å². The lowest BCUT2D eigenvalue weighted by molar-refractivity contribution is -0.146. The second-order valence-electron chi connectivity index (χ2n) is 21.1. The SMILES string of the molecule is CCCCCCCCCCCCCCCC/C=C\CCCCCCCCCCCCCCCCC(O)C(CCCCCCCCCCCCCCCCCCCCCCCC)C(=O)O. The van der Waals surface area contributed by atoms with Crippen molar-refractivity contribution in [3.05, 3.63) is 12.2 Å². The van der Waals surface area contributed by atoms with E-state index in [2.05, 4.69) is 26.0 Å². The molecule has 0 heterocycles. The molecule has 0 bridgehead atoms. The van der Waals surface area contributed by atoms with Crippen LogP contribution in [-0.4, -0.2) is 22.3 Å². The van der Waals surface area contributed by atoms with Crippen LogP contribution in [0.5, 0.6) is 0 Å². The highest BCUT2D eigenvalue weighted by Gasteiger charge is 2.25. The van der Waals surface area contributed by atoms with E-state index in [9.17, 15) is 15.0 Å². The van der Waals surface area contributed by atoms with Crippen molar-refractivity contribution in [2.45, 2.75) is 367 Å². The topological polar surface area (TPSA) is 57.5 Å². The molecule has 0 radical (unpaired) electrons. The lowest BCUT2D eigenvalue weighted by Crippen LogP contribution is -2.28. The number of aliphatic hydroxyl groups excluding tert-OH is 1. The lowest BCUT2D eigenvalue weighted by atomic mass is 9.91. The number of carboxylic acids is 1. The molecule has 0 aromatic carbocycles. The van der Waals surface area contributed by atoms with Gasteiger partial charge in [0.2, 0.25) is 0 Å². The average Bonchev–Trinajstić information content (AvgIpc) is 3.29. The van der Waals surface area contributed by atoms with Crippen molar-refractivity contribution in [2.24, 2.45) is 5.92 Å². The van der Waals surface area contributed by atoms with Gasteiger partial charge in [-0.1, -0.05) is 334 Å². The summed E-state index contributed by atoms with van der Waals surface area (Å²) in [4.78, 5) is 11.9. The van der Waals surface area contributed by atoms with E-state index in [0.29, 0.717) is 12.8 Å². The Bertz CT molecular complexity index is 883. The normalized spacial score (nSPS) is 12.8. The predicted octanol–water partition coefficient (Wildman–Crippen LogP) is 21.7. The summed E-state index contributed by atoms with van der Waals surface area (Å²) in [6.07, 6.45) is 76.8. The van der Waals surface area contributed by atoms with E-state index in [-0.39, 0.29) is 0 Å². The second kappa shape index (κ2) is 56.5. The third-order valence-electron chi connectivity index (χ3n) is 14.7. The fourth-order valence-corrected chi connectivity index (χ4v) is 10.1. The van der Waals surface area contributed by atoms with Crippen LogP contribution in [0.1, 0.15) is 361 Å². The van der Waals surface area contributed by atoms with Crippen molar-refractivity contribution in [3.63, 3.8) is 0 Å². The van der Waals surface area contributed by atoms with Gasteiger partial charge in [0.05, 0.1) is 12.0 Å². The van der Waals surface area contributed by atoms with Gasteiger partial charge in [0, 0.05) is 0 Å². The Morgan fingerprint density at radius 3 is 0.703 bits per heavy atom. The van der Waals surface area contributed by atoms with E-state index in [0.717, 1.165) is 25.7 Å². The molecule has 0 aromatic rings. The number of carboxylic acid groups (broad SMARTS) is 1. The molecule has 0 aromatic heterocycles. The summed E-state index contributed by atoms with van der Waals surface area (Å²) in [6, 6.07) is 0. The Kier molecular flexibility index (Phi) is 55.8. The van der Waals surface area contributed by atoms with E-state index >= 15 is 0 Å². The molecule has 64 heavy (non-hydrogen) atoms. The maximum Gasteiger partial charge on any atom is 0.309 e. The summed E-state index contributed by atoms with van der Waals surface area (Å²) < 4.78 is 0. The minimum Gasteiger partial charge on any atom is -0.481 e. The van der Waals surface area contributed by atoms with Crippen LogP contribution in [0.3, 0.4) is 0 Å². The van der Waals surface area contributed by atoms with Gasteiger partial charge in [0.15, 0.2) is 0 Å². The third kappa shape index (κ3) is 52.1. The summed E-state index contributed by atoms with van der Waals surface area (Å²) in [5, 5.41) is 20.5. The maximum atomic E-state index is 11.9. The highest BCUT2D eigenvalue weighted by Crippen LogP contribution is 2.22. The van der Waals surface area contributed by atoms with Crippen molar-refractivity contribution in [1.29, 1.82) is 0 Å². The van der Waals surface area contributed by atoms with Crippen LogP contribution < -0.4 is 0 Å². The van der Waals surface area contributed by atoms with Crippen molar-refractivity contribution in [2.75, 3.05) is 0 Å². The largest absolute Gasteiger partial charge is 0.481 e. The minimum atomic E-state index is -0.802. The first-order valence-electron chi connectivity index (χ1n) is 30.2. The Hall–Kier alpha value is -0.830. The Balaban J connectivity index is 3.40. The molecule has 0 rings (SSSR count). The predicted molar refractivity (Wildman–Crippen MR) is 287 cm³/mol.